The standard InChI is InChI=1S/C32H26N2/c1-5-13-29-25(9-1)26-10-2-6-14-30(26)33(29)21-23-17-19-24(20-18-23)22-34-31-15-7-3-11-27(31)28-12-4-8-16-32(28)34/h1-20,25,29H,21-22H2. The highest BCUT2D eigenvalue weighted by atomic mass is 15.2. The summed E-state index contributed by atoms with van der Waals surface area (Å²) in [6, 6.07) is 35.9. The molecule has 0 saturated carbocycles. The molecule has 0 radical (unpaired) electrons. The Morgan fingerprint density at radius 1 is 0.559 bits per heavy atom. The maximum Gasteiger partial charge on any atom is 0.0584 e. The summed E-state index contributed by atoms with van der Waals surface area (Å²) in [7, 11) is 0. The van der Waals surface area contributed by atoms with Crippen molar-refractivity contribution in [3.63, 3.8) is 0 Å². The molecular weight excluding hydrogens is 412 g/mol. The molecule has 0 bridgehead atoms. The van der Waals surface area contributed by atoms with E-state index in [9.17, 15) is 0 Å². The molecule has 1 aliphatic carbocycles. The van der Waals surface area contributed by atoms with E-state index in [2.05, 4.69) is 131 Å². The average Bonchev–Trinajstić information content (AvgIpc) is 3.39. The molecule has 7 rings (SSSR count). The smallest absolute Gasteiger partial charge is 0.0584 e. The van der Waals surface area contributed by atoms with E-state index < -0.39 is 0 Å². The zero-order valence-electron chi connectivity index (χ0n) is 19.0. The molecule has 0 fully saturated rings. The Labute approximate surface area is 200 Å². The molecule has 2 aliphatic rings. The molecule has 5 aromatic rings. The molecule has 2 heteroatoms. The first-order valence-electron chi connectivity index (χ1n) is 12.1. The topological polar surface area (TPSA) is 8.17 Å². The van der Waals surface area contributed by atoms with Gasteiger partial charge in [-0.3, -0.25) is 0 Å². The van der Waals surface area contributed by atoms with Crippen LogP contribution in [-0.2, 0) is 13.1 Å². The predicted molar refractivity (Wildman–Crippen MR) is 142 cm³/mol. The minimum Gasteiger partial charge on any atom is -0.360 e. The lowest BCUT2D eigenvalue weighted by Gasteiger charge is -2.28. The largest absolute Gasteiger partial charge is 0.360 e. The lowest BCUT2D eigenvalue weighted by Crippen LogP contribution is -2.32. The van der Waals surface area contributed by atoms with E-state index in [1.165, 1.54) is 44.2 Å². The van der Waals surface area contributed by atoms with Crippen molar-refractivity contribution < 1.29 is 0 Å². The molecule has 0 saturated heterocycles. The van der Waals surface area contributed by atoms with Crippen molar-refractivity contribution in [2.75, 3.05) is 4.90 Å². The quantitative estimate of drug-likeness (QED) is 0.283. The van der Waals surface area contributed by atoms with Crippen LogP contribution < -0.4 is 4.90 Å². The van der Waals surface area contributed by atoms with Gasteiger partial charge in [0.15, 0.2) is 0 Å². The molecule has 0 N–H and O–H groups in total. The van der Waals surface area contributed by atoms with Gasteiger partial charge in [0, 0.05) is 46.5 Å². The van der Waals surface area contributed by atoms with Gasteiger partial charge in [0.2, 0.25) is 0 Å². The Morgan fingerprint density at radius 3 is 1.88 bits per heavy atom. The highest BCUT2D eigenvalue weighted by Crippen LogP contribution is 2.44. The molecule has 1 aliphatic heterocycles. The summed E-state index contributed by atoms with van der Waals surface area (Å²) in [5.74, 6) is 0.454. The molecule has 0 spiro atoms. The second kappa shape index (κ2) is 7.78. The molecule has 34 heavy (non-hydrogen) atoms. The van der Waals surface area contributed by atoms with Gasteiger partial charge in [0.1, 0.15) is 0 Å². The van der Waals surface area contributed by atoms with Crippen LogP contribution in [0, 0.1) is 0 Å². The monoisotopic (exact) mass is 438 g/mol. The number of hydrogen-bond donors (Lipinski definition) is 0. The second-order valence-corrected chi connectivity index (χ2v) is 9.41. The lowest BCUT2D eigenvalue weighted by atomic mass is 9.91. The van der Waals surface area contributed by atoms with Crippen molar-refractivity contribution >= 4 is 27.5 Å². The minimum absolute atomic E-state index is 0.402. The van der Waals surface area contributed by atoms with Crippen LogP contribution in [0.5, 0.6) is 0 Å². The normalized spacial score (nSPS) is 18.5. The third-order valence-corrected chi connectivity index (χ3v) is 7.47. The summed E-state index contributed by atoms with van der Waals surface area (Å²) in [6.45, 7) is 1.80. The zero-order chi connectivity index (χ0) is 22.5. The predicted octanol–water partition coefficient (Wildman–Crippen LogP) is 7.44. The molecule has 1 aromatic heterocycles. The molecule has 2 nitrogen and oxygen atoms in total. The number of fused-ring (bicyclic) bond motifs is 6. The number of allylic oxidation sites excluding steroid dienone is 2. The van der Waals surface area contributed by atoms with E-state index >= 15 is 0 Å². The molecule has 4 aromatic carbocycles. The highest BCUT2D eigenvalue weighted by Gasteiger charge is 2.35. The first kappa shape index (κ1) is 19.4. The Morgan fingerprint density at radius 2 is 1.15 bits per heavy atom. The van der Waals surface area contributed by atoms with Gasteiger partial charge in [0.25, 0.3) is 0 Å². The first-order chi connectivity index (χ1) is 16.9. The Kier molecular flexibility index (Phi) is 4.44. The van der Waals surface area contributed by atoms with Gasteiger partial charge in [0.05, 0.1) is 6.04 Å². The fourth-order valence-electron chi connectivity index (χ4n) is 5.87. The SMILES string of the molecule is C1=CC2c3ccccc3N(Cc3ccc(Cn4c5ccccc5c5ccccc54)cc3)C2C=C1. The summed E-state index contributed by atoms with van der Waals surface area (Å²) in [4.78, 5) is 2.56. The van der Waals surface area contributed by atoms with Crippen LogP contribution in [0.3, 0.4) is 0 Å². The number of rotatable bonds is 4. The van der Waals surface area contributed by atoms with Crippen LogP contribution in [0.25, 0.3) is 21.8 Å². The van der Waals surface area contributed by atoms with Crippen molar-refractivity contribution in [2.24, 2.45) is 0 Å². The molecule has 2 atom stereocenters. The fraction of sp³-hybridized carbons (Fsp3) is 0.125. The summed E-state index contributed by atoms with van der Waals surface area (Å²) >= 11 is 0. The van der Waals surface area contributed by atoms with Crippen molar-refractivity contribution in [3.05, 3.63) is 138 Å². The fourth-order valence-corrected chi connectivity index (χ4v) is 5.87. The summed E-state index contributed by atoms with van der Waals surface area (Å²) in [5, 5.41) is 2.65. The molecule has 2 heterocycles. The maximum absolute atomic E-state index is 2.56. The Hall–Kier alpha value is -4.04. The van der Waals surface area contributed by atoms with Crippen LogP contribution in [0.2, 0.25) is 0 Å². The Bertz CT molecular complexity index is 1520. The zero-order valence-corrected chi connectivity index (χ0v) is 19.0. The highest BCUT2D eigenvalue weighted by molar-refractivity contribution is 6.08. The van der Waals surface area contributed by atoms with E-state index in [1.54, 1.807) is 0 Å². The minimum atomic E-state index is 0.402. The molecule has 164 valence electrons. The third-order valence-electron chi connectivity index (χ3n) is 7.47. The van der Waals surface area contributed by atoms with Gasteiger partial charge in [-0.15, -0.1) is 0 Å². The molecule has 0 amide bonds. The van der Waals surface area contributed by atoms with Gasteiger partial charge >= 0.3 is 0 Å². The van der Waals surface area contributed by atoms with Crippen LogP contribution in [0.1, 0.15) is 22.6 Å². The number of para-hydroxylation sites is 3. The summed E-state index contributed by atoms with van der Waals surface area (Å²) in [5.41, 5.74) is 8.08. The van der Waals surface area contributed by atoms with E-state index in [4.69, 9.17) is 0 Å². The van der Waals surface area contributed by atoms with Crippen molar-refractivity contribution in [1.29, 1.82) is 0 Å². The van der Waals surface area contributed by atoms with Gasteiger partial charge < -0.3 is 9.47 Å². The third kappa shape index (κ3) is 3.03. The van der Waals surface area contributed by atoms with Crippen LogP contribution in [0.4, 0.5) is 5.69 Å². The average molecular weight is 439 g/mol. The Balaban J connectivity index is 1.19. The van der Waals surface area contributed by atoms with Crippen molar-refractivity contribution in [3.8, 4) is 0 Å². The van der Waals surface area contributed by atoms with E-state index in [1.807, 2.05) is 0 Å². The number of hydrogen-bond acceptors (Lipinski definition) is 1. The van der Waals surface area contributed by atoms with E-state index in [-0.39, 0.29) is 0 Å². The molecular formula is C32H26N2. The van der Waals surface area contributed by atoms with Crippen molar-refractivity contribution in [1.82, 2.24) is 4.57 Å². The summed E-state index contributed by atoms with van der Waals surface area (Å²) < 4.78 is 2.44. The second-order valence-electron chi connectivity index (χ2n) is 9.41. The van der Waals surface area contributed by atoms with Gasteiger partial charge in [-0.1, -0.05) is 103 Å². The van der Waals surface area contributed by atoms with Crippen LogP contribution in [0.15, 0.2) is 121 Å². The van der Waals surface area contributed by atoms with E-state index in [0.717, 1.165) is 13.1 Å². The van der Waals surface area contributed by atoms with Gasteiger partial charge in [-0.25, -0.2) is 0 Å². The lowest BCUT2D eigenvalue weighted by molar-refractivity contribution is 0.672. The maximum atomic E-state index is 2.56. The number of nitrogens with zero attached hydrogens (tertiary/aromatic N) is 2. The summed E-state index contributed by atoms with van der Waals surface area (Å²) in [6.07, 6.45) is 9.07. The van der Waals surface area contributed by atoms with E-state index in [0.29, 0.717) is 12.0 Å². The molecule has 2 unspecified atom stereocenters. The van der Waals surface area contributed by atoms with Gasteiger partial charge in [-0.2, -0.15) is 0 Å². The number of anilines is 1. The van der Waals surface area contributed by atoms with Crippen molar-refractivity contribution in [2.45, 2.75) is 25.0 Å². The first-order valence-corrected chi connectivity index (χ1v) is 12.1. The number of benzene rings is 4. The van der Waals surface area contributed by atoms with Gasteiger partial charge in [-0.05, 0) is 34.9 Å². The number of aromatic nitrogens is 1. The van der Waals surface area contributed by atoms with Crippen LogP contribution in [-0.4, -0.2) is 10.6 Å². The van der Waals surface area contributed by atoms with Crippen LogP contribution >= 0.6 is 0 Å².